The van der Waals surface area contributed by atoms with Crippen molar-refractivity contribution in [2.24, 2.45) is 5.14 Å². The third-order valence-corrected chi connectivity index (χ3v) is 4.42. The molecule has 1 heterocycles. The molecule has 1 unspecified atom stereocenters. The molecule has 19 heavy (non-hydrogen) atoms. The molecule has 2 N–H and O–H groups in total. The third-order valence-electron chi connectivity index (χ3n) is 3.33. The van der Waals surface area contributed by atoms with Crippen LogP contribution >= 0.6 is 0 Å². The maximum Gasteiger partial charge on any atom is 0.277 e. The summed E-state index contributed by atoms with van der Waals surface area (Å²) in [7, 11) is -0.583. The predicted octanol–water partition coefficient (Wildman–Crippen LogP) is 1.04. The van der Waals surface area contributed by atoms with Gasteiger partial charge in [0.2, 0.25) is 0 Å². The number of nitrogens with two attached hydrogens (primary N) is 1. The van der Waals surface area contributed by atoms with E-state index in [-0.39, 0.29) is 6.04 Å². The molecule has 0 spiro atoms. The first-order chi connectivity index (χ1) is 8.97. The summed E-state index contributed by atoms with van der Waals surface area (Å²) in [6.45, 7) is 0.434. The Bertz CT molecular complexity index is 559. The predicted molar refractivity (Wildman–Crippen MR) is 71.3 cm³/mol. The minimum Gasteiger partial charge on any atom is -0.497 e. The van der Waals surface area contributed by atoms with E-state index < -0.39 is 10.2 Å². The molecule has 1 fully saturated rings. The van der Waals surface area contributed by atoms with E-state index in [0.29, 0.717) is 18.0 Å². The van der Waals surface area contributed by atoms with Gasteiger partial charge in [-0.1, -0.05) is 0 Å². The summed E-state index contributed by atoms with van der Waals surface area (Å²) in [5, 5.41) is 5.26. The molecule has 0 bridgehead atoms. The molecule has 0 amide bonds. The van der Waals surface area contributed by atoms with Crippen molar-refractivity contribution in [3.8, 4) is 11.5 Å². The summed E-state index contributed by atoms with van der Waals surface area (Å²) in [4.78, 5) is 0. The SMILES string of the molecule is COc1ccc(OC)c(C2CCCN2S(N)(=O)=O)c1. The van der Waals surface area contributed by atoms with Gasteiger partial charge in [-0.2, -0.15) is 12.7 Å². The van der Waals surface area contributed by atoms with E-state index in [1.165, 1.54) is 4.31 Å². The average Bonchev–Trinajstić information content (AvgIpc) is 2.87. The fourth-order valence-electron chi connectivity index (χ4n) is 2.46. The Balaban J connectivity index is 2.45. The molecule has 0 saturated carbocycles. The van der Waals surface area contributed by atoms with Crippen LogP contribution in [0.3, 0.4) is 0 Å². The first-order valence-corrected chi connectivity index (χ1v) is 7.49. The second-order valence-electron chi connectivity index (χ2n) is 4.42. The highest BCUT2D eigenvalue weighted by molar-refractivity contribution is 7.86. The second kappa shape index (κ2) is 5.36. The number of benzene rings is 1. The van der Waals surface area contributed by atoms with E-state index in [4.69, 9.17) is 14.6 Å². The second-order valence-corrected chi connectivity index (χ2v) is 5.92. The molecule has 1 aromatic carbocycles. The Morgan fingerprint density at radius 3 is 2.63 bits per heavy atom. The Morgan fingerprint density at radius 2 is 2.05 bits per heavy atom. The van der Waals surface area contributed by atoms with Crippen molar-refractivity contribution in [1.82, 2.24) is 4.31 Å². The maximum absolute atomic E-state index is 11.6. The molecule has 106 valence electrons. The van der Waals surface area contributed by atoms with Gasteiger partial charge in [-0.25, -0.2) is 5.14 Å². The molecule has 1 aromatic rings. The van der Waals surface area contributed by atoms with Crippen molar-refractivity contribution in [2.45, 2.75) is 18.9 Å². The first kappa shape index (κ1) is 14.1. The lowest BCUT2D eigenvalue weighted by Crippen LogP contribution is -2.36. The van der Waals surface area contributed by atoms with Gasteiger partial charge in [0.25, 0.3) is 10.2 Å². The molecule has 1 atom stereocenters. The molecule has 7 heteroatoms. The van der Waals surface area contributed by atoms with Crippen LogP contribution < -0.4 is 14.6 Å². The van der Waals surface area contributed by atoms with E-state index >= 15 is 0 Å². The highest BCUT2D eigenvalue weighted by atomic mass is 32.2. The number of methoxy groups -OCH3 is 2. The Morgan fingerprint density at radius 1 is 1.32 bits per heavy atom. The number of rotatable bonds is 4. The van der Waals surface area contributed by atoms with Crippen LogP contribution in [-0.2, 0) is 10.2 Å². The summed E-state index contributed by atoms with van der Waals surface area (Å²) < 4.78 is 35.0. The van der Waals surface area contributed by atoms with Gasteiger partial charge >= 0.3 is 0 Å². The van der Waals surface area contributed by atoms with Crippen LogP contribution in [-0.4, -0.2) is 33.5 Å². The van der Waals surface area contributed by atoms with E-state index in [1.54, 1.807) is 32.4 Å². The number of hydrogen-bond donors (Lipinski definition) is 1. The fourth-order valence-corrected chi connectivity index (χ4v) is 3.41. The smallest absolute Gasteiger partial charge is 0.277 e. The lowest BCUT2D eigenvalue weighted by atomic mass is 10.0. The van der Waals surface area contributed by atoms with Gasteiger partial charge < -0.3 is 9.47 Å². The average molecular weight is 286 g/mol. The zero-order valence-corrected chi connectivity index (χ0v) is 11.8. The molecule has 1 aliphatic heterocycles. The fraction of sp³-hybridized carbons (Fsp3) is 0.500. The quantitative estimate of drug-likeness (QED) is 0.896. The van der Waals surface area contributed by atoms with E-state index in [9.17, 15) is 8.42 Å². The monoisotopic (exact) mass is 286 g/mol. The summed E-state index contributed by atoms with van der Waals surface area (Å²) in [5.74, 6) is 1.30. The standard InChI is InChI=1S/C12H18N2O4S/c1-17-9-5-6-12(18-2)10(8-9)11-4-3-7-14(11)19(13,15)16/h5-6,8,11H,3-4,7H2,1-2H3,(H2,13,15,16). The van der Waals surface area contributed by atoms with Crippen LogP contribution in [0.15, 0.2) is 18.2 Å². The number of ether oxygens (including phenoxy) is 2. The molecule has 1 aliphatic rings. The Kier molecular flexibility index (Phi) is 3.98. The van der Waals surface area contributed by atoms with Crippen molar-refractivity contribution in [1.29, 1.82) is 0 Å². The molecule has 1 saturated heterocycles. The van der Waals surface area contributed by atoms with Gasteiger partial charge in [0, 0.05) is 12.1 Å². The number of nitrogens with zero attached hydrogens (tertiary/aromatic N) is 1. The van der Waals surface area contributed by atoms with Crippen LogP contribution in [0.5, 0.6) is 11.5 Å². The van der Waals surface area contributed by atoms with Crippen LogP contribution in [0, 0.1) is 0 Å². The minimum absolute atomic E-state index is 0.292. The molecule has 6 nitrogen and oxygen atoms in total. The Labute approximate surface area is 113 Å². The van der Waals surface area contributed by atoms with Gasteiger partial charge in [-0.15, -0.1) is 0 Å². The highest BCUT2D eigenvalue weighted by Gasteiger charge is 2.34. The molecule has 0 radical (unpaired) electrons. The van der Waals surface area contributed by atoms with Gasteiger partial charge in [-0.3, -0.25) is 0 Å². The van der Waals surface area contributed by atoms with Gasteiger partial charge in [0.05, 0.1) is 20.3 Å². The van der Waals surface area contributed by atoms with E-state index in [1.807, 2.05) is 0 Å². The van der Waals surface area contributed by atoms with Crippen molar-refractivity contribution in [2.75, 3.05) is 20.8 Å². The lowest BCUT2D eigenvalue weighted by molar-refractivity contribution is 0.362. The van der Waals surface area contributed by atoms with Crippen molar-refractivity contribution in [3.63, 3.8) is 0 Å². The largest absolute Gasteiger partial charge is 0.497 e. The lowest BCUT2D eigenvalue weighted by Gasteiger charge is -2.24. The van der Waals surface area contributed by atoms with Gasteiger partial charge in [0.1, 0.15) is 11.5 Å². The molecule has 2 rings (SSSR count). The van der Waals surface area contributed by atoms with E-state index in [2.05, 4.69) is 0 Å². The van der Waals surface area contributed by atoms with Crippen LogP contribution in [0.1, 0.15) is 24.4 Å². The zero-order valence-electron chi connectivity index (χ0n) is 11.0. The summed E-state index contributed by atoms with van der Waals surface area (Å²) in [6, 6.07) is 5.05. The van der Waals surface area contributed by atoms with Gasteiger partial charge in [-0.05, 0) is 31.0 Å². The van der Waals surface area contributed by atoms with Crippen LogP contribution in [0.2, 0.25) is 0 Å². The van der Waals surface area contributed by atoms with Crippen LogP contribution in [0.25, 0.3) is 0 Å². The Hall–Kier alpha value is -1.31. The third kappa shape index (κ3) is 2.83. The molecular formula is C12H18N2O4S. The first-order valence-electron chi connectivity index (χ1n) is 5.99. The normalized spacial score (nSPS) is 20.5. The van der Waals surface area contributed by atoms with Crippen molar-refractivity contribution in [3.05, 3.63) is 23.8 Å². The van der Waals surface area contributed by atoms with E-state index in [0.717, 1.165) is 18.4 Å². The molecule has 0 aliphatic carbocycles. The number of hydrogen-bond acceptors (Lipinski definition) is 4. The maximum atomic E-state index is 11.6. The zero-order chi connectivity index (χ0) is 14.0. The summed E-state index contributed by atoms with van der Waals surface area (Å²) in [6.07, 6.45) is 1.50. The van der Waals surface area contributed by atoms with Crippen molar-refractivity contribution < 1.29 is 17.9 Å². The molecular weight excluding hydrogens is 268 g/mol. The summed E-state index contributed by atoms with van der Waals surface area (Å²) in [5.41, 5.74) is 0.786. The van der Waals surface area contributed by atoms with Gasteiger partial charge in [0.15, 0.2) is 0 Å². The van der Waals surface area contributed by atoms with Crippen molar-refractivity contribution >= 4 is 10.2 Å². The van der Waals surface area contributed by atoms with Crippen LogP contribution in [0.4, 0.5) is 0 Å². The topological polar surface area (TPSA) is 81.9 Å². The highest BCUT2D eigenvalue weighted by Crippen LogP contribution is 2.39. The summed E-state index contributed by atoms with van der Waals surface area (Å²) >= 11 is 0. The minimum atomic E-state index is -3.71. The molecule has 0 aromatic heterocycles.